The minimum Gasteiger partial charge on any atom is -0.494 e. The van der Waals surface area contributed by atoms with Crippen molar-refractivity contribution in [2.75, 3.05) is 33.3 Å². The first-order valence-corrected chi connectivity index (χ1v) is 9.08. The first-order valence-electron chi connectivity index (χ1n) is 9.08. The maximum atomic E-state index is 11.2. The Bertz CT molecular complexity index is 589. The predicted octanol–water partition coefficient (Wildman–Crippen LogP) is 1.79. The summed E-state index contributed by atoms with van der Waals surface area (Å²) in [7, 11) is 1.80. The summed E-state index contributed by atoms with van der Waals surface area (Å²) in [6.07, 6.45) is 3.48. The van der Waals surface area contributed by atoms with Crippen LogP contribution in [0.1, 0.15) is 31.7 Å². The summed E-state index contributed by atoms with van der Waals surface area (Å²) in [4.78, 5) is 17.8. The lowest BCUT2D eigenvalue weighted by Gasteiger charge is -2.34. The molecule has 1 aliphatic heterocycles. The number of carbonyl (C=O) groups is 1. The van der Waals surface area contributed by atoms with Crippen LogP contribution in [-0.2, 0) is 11.2 Å². The highest BCUT2D eigenvalue weighted by molar-refractivity contribution is 5.80. The average Bonchev–Trinajstić information content (AvgIpc) is 2.59. The van der Waals surface area contributed by atoms with Crippen LogP contribution in [0.15, 0.2) is 29.3 Å². The van der Waals surface area contributed by atoms with Crippen molar-refractivity contribution in [3.63, 3.8) is 0 Å². The van der Waals surface area contributed by atoms with Crippen molar-refractivity contribution < 1.29 is 9.53 Å². The summed E-state index contributed by atoms with van der Waals surface area (Å²) in [6.45, 7) is 5.27. The van der Waals surface area contributed by atoms with E-state index in [9.17, 15) is 4.79 Å². The monoisotopic (exact) mass is 346 g/mol. The largest absolute Gasteiger partial charge is 0.494 e. The standard InChI is InChI=1S/C19H30N4O2/c1-3-25-17-8-4-6-15(12-17)9-10-22-19(21-2)23-11-5-7-16(14-23)13-18(20)24/h4,6,8,12,16H,3,5,7,9-11,13-14H2,1-2H3,(H2,20,24)(H,21,22). The number of nitrogens with two attached hydrogens (primary N) is 1. The molecule has 2 rings (SSSR count). The quantitative estimate of drug-likeness (QED) is 0.583. The summed E-state index contributed by atoms with van der Waals surface area (Å²) in [5, 5.41) is 3.43. The van der Waals surface area contributed by atoms with Gasteiger partial charge in [-0.2, -0.15) is 0 Å². The third kappa shape index (κ3) is 6.29. The fourth-order valence-corrected chi connectivity index (χ4v) is 3.32. The molecule has 0 aliphatic carbocycles. The number of carbonyl (C=O) groups excluding carboxylic acids is 1. The number of benzene rings is 1. The van der Waals surface area contributed by atoms with Gasteiger partial charge < -0.3 is 20.7 Å². The number of nitrogens with zero attached hydrogens (tertiary/aromatic N) is 2. The van der Waals surface area contributed by atoms with E-state index in [2.05, 4.69) is 27.3 Å². The van der Waals surface area contributed by atoms with Crippen molar-refractivity contribution in [2.45, 2.75) is 32.6 Å². The van der Waals surface area contributed by atoms with Crippen molar-refractivity contribution in [3.05, 3.63) is 29.8 Å². The second kappa shape index (κ2) is 9.91. The second-order valence-electron chi connectivity index (χ2n) is 6.43. The Morgan fingerprint density at radius 2 is 2.32 bits per heavy atom. The van der Waals surface area contributed by atoms with E-state index in [1.807, 2.05) is 19.1 Å². The summed E-state index contributed by atoms with van der Waals surface area (Å²) >= 11 is 0. The predicted molar refractivity (Wildman–Crippen MR) is 101 cm³/mol. The highest BCUT2D eigenvalue weighted by Crippen LogP contribution is 2.19. The van der Waals surface area contributed by atoms with Gasteiger partial charge in [-0.3, -0.25) is 9.79 Å². The van der Waals surface area contributed by atoms with Gasteiger partial charge in [0.2, 0.25) is 5.91 Å². The number of amides is 1. The molecular formula is C19H30N4O2. The van der Waals surface area contributed by atoms with E-state index < -0.39 is 0 Å². The zero-order valence-corrected chi connectivity index (χ0v) is 15.3. The number of aliphatic imine (C=N–C) groups is 1. The van der Waals surface area contributed by atoms with Crippen LogP contribution in [0.5, 0.6) is 5.75 Å². The minimum absolute atomic E-state index is 0.219. The Kier molecular flexibility index (Phi) is 7.57. The van der Waals surface area contributed by atoms with Crippen LogP contribution in [0.4, 0.5) is 0 Å². The van der Waals surface area contributed by atoms with Crippen LogP contribution in [0.3, 0.4) is 0 Å². The Morgan fingerprint density at radius 1 is 1.48 bits per heavy atom. The number of guanidine groups is 1. The van der Waals surface area contributed by atoms with Gasteiger partial charge in [-0.25, -0.2) is 0 Å². The van der Waals surface area contributed by atoms with E-state index in [1.165, 1.54) is 5.56 Å². The molecule has 0 bridgehead atoms. The Morgan fingerprint density at radius 3 is 3.04 bits per heavy atom. The van der Waals surface area contributed by atoms with Crippen LogP contribution in [0.2, 0.25) is 0 Å². The molecule has 25 heavy (non-hydrogen) atoms. The number of hydrogen-bond donors (Lipinski definition) is 2. The lowest BCUT2D eigenvalue weighted by Crippen LogP contribution is -2.47. The molecule has 1 aromatic carbocycles. The lowest BCUT2D eigenvalue weighted by atomic mass is 9.95. The van der Waals surface area contributed by atoms with Crippen LogP contribution in [-0.4, -0.2) is 50.1 Å². The summed E-state index contributed by atoms with van der Waals surface area (Å²) in [6, 6.07) is 8.19. The number of rotatable bonds is 7. The van der Waals surface area contributed by atoms with E-state index in [1.54, 1.807) is 7.05 Å². The van der Waals surface area contributed by atoms with Crippen LogP contribution < -0.4 is 15.8 Å². The summed E-state index contributed by atoms with van der Waals surface area (Å²) < 4.78 is 5.54. The summed E-state index contributed by atoms with van der Waals surface area (Å²) in [5.74, 6) is 1.92. The summed E-state index contributed by atoms with van der Waals surface area (Å²) in [5.41, 5.74) is 6.58. The van der Waals surface area contributed by atoms with Crippen molar-refractivity contribution in [1.82, 2.24) is 10.2 Å². The van der Waals surface area contributed by atoms with E-state index in [0.29, 0.717) is 18.9 Å². The molecule has 0 radical (unpaired) electrons. The van der Waals surface area contributed by atoms with Gasteiger partial charge >= 0.3 is 0 Å². The maximum absolute atomic E-state index is 11.2. The molecule has 1 saturated heterocycles. The zero-order chi connectivity index (χ0) is 18.1. The third-order valence-electron chi connectivity index (χ3n) is 4.43. The average molecular weight is 346 g/mol. The molecule has 1 aromatic rings. The smallest absolute Gasteiger partial charge is 0.217 e. The van der Waals surface area contributed by atoms with Gasteiger partial charge in [-0.05, 0) is 49.8 Å². The van der Waals surface area contributed by atoms with Gasteiger partial charge in [0.05, 0.1) is 6.61 Å². The SMILES string of the molecule is CCOc1cccc(CCNC(=NC)N2CCCC(CC(N)=O)C2)c1. The Balaban J connectivity index is 1.83. The zero-order valence-electron chi connectivity index (χ0n) is 15.3. The molecule has 1 amide bonds. The van der Waals surface area contributed by atoms with E-state index >= 15 is 0 Å². The molecule has 1 fully saturated rings. The molecule has 0 spiro atoms. The number of nitrogens with one attached hydrogen (secondary N) is 1. The first kappa shape index (κ1) is 19.1. The Hall–Kier alpha value is -2.24. The lowest BCUT2D eigenvalue weighted by molar-refractivity contribution is -0.119. The molecule has 6 nitrogen and oxygen atoms in total. The molecule has 1 aliphatic rings. The van der Waals surface area contributed by atoms with E-state index in [-0.39, 0.29) is 5.91 Å². The minimum atomic E-state index is -0.219. The number of ether oxygens (including phenoxy) is 1. The fourth-order valence-electron chi connectivity index (χ4n) is 3.32. The van der Waals surface area contributed by atoms with E-state index in [0.717, 1.165) is 50.6 Å². The van der Waals surface area contributed by atoms with Gasteiger partial charge in [-0.15, -0.1) is 0 Å². The van der Waals surface area contributed by atoms with Crippen molar-refractivity contribution in [1.29, 1.82) is 0 Å². The fraction of sp³-hybridized carbons (Fsp3) is 0.579. The van der Waals surface area contributed by atoms with Gasteiger partial charge in [-0.1, -0.05) is 12.1 Å². The number of hydrogen-bond acceptors (Lipinski definition) is 3. The highest BCUT2D eigenvalue weighted by Gasteiger charge is 2.23. The van der Waals surface area contributed by atoms with Crippen LogP contribution >= 0.6 is 0 Å². The number of primary amides is 1. The van der Waals surface area contributed by atoms with Gasteiger partial charge in [0, 0.05) is 33.1 Å². The van der Waals surface area contributed by atoms with Crippen molar-refractivity contribution in [3.8, 4) is 5.75 Å². The molecule has 6 heteroatoms. The first-order chi connectivity index (χ1) is 12.1. The van der Waals surface area contributed by atoms with Crippen LogP contribution in [0, 0.1) is 5.92 Å². The van der Waals surface area contributed by atoms with Crippen LogP contribution in [0.25, 0.3) is 0 Å². The molecule has 1 atom stereocenters. The highest BCUT2D eigenvalue weighted by atomic mass is 16.5. The Labute approximate surface area is 150 Å². The normalized spacial score (nSPS) is 18.1. The van der Waals surface area contributed by atoms with Gasteiger partial charge in [0.25, 0.3) is 0 Å². The van der Waals surface area contributed by atoms with Gasteiger partial charge in [0.15, 0.2) is 5.96 Å². The molecule has 1 unspecified atom stereocenters. The molecule has 1 heterocycles. The topological polar surface area (TPSA) is 79.9 Å². The van der Waals surface area contributed by atoms with Crippen molar-refractivity contribution in [2.24, 2.45) is 16.6 Å². The molecular weight excluding hydrogens is 316 g/mol. The number of piperidine rings is 1. The number of likely N-dealkylation sites (tertiary alicyclic amines) is 1. The van der Waals surface area contributed by atoms with Crippen molar-refractivity contribution >= 4 is 11.9 Å². The third-order valence-corrected chi connectivity index (χ3v) is 4.43. The molecule has 0 aromatic heterocycles. The maximum Gasteiger partial charge on any atom is 0.217 e. The molecule has 3 N–H and O–H groups in total. The van der Waals surface area contributed by atoms with E-state index in [4.69, 9.17) is 10.5 Å². The second-order valence-corrected chi connectivity index (χ2v) is 6.43. The molecule has 138 valence electrons. The van der Waals surface area contributed by atoms with Gasteiger partial charge in [0.1, 0.15) is 5.75 Å². The molecule has 0 saturated carbocycles.